The summed E-state index contributed by atoms with van der Waals surface area (Å²) in [6, 6.07) is 0. The molecular formula is C16H22O2. The van der Waals surface area contributed by atoms with Gasteiger partial charge in [-0.25, -0.2) is 0 Å². The molecule has 0 radical (unpaired) electrons. The molecule has 18 heavy (non-hydrogen) atoms. The van der Waals surface area contributed by atoms with Crippen LogP contribution in [0.3, 0.4) is 0 Å². The number of carboxylic acids is 1. The van der Waals surface area contributed by atoms with E-state index >= 15 is 0 Å². The zero-order chi connectivity index (χ0) is 12.7. The van der Waals surface area contributed by atoms with Gasteiger partial charge in [0.05, 0.1) is 5.92 Å². The predicted octanol–water partition coefficient (Wildman–Crippen LogP) is 3.19. The molecule has 98 valence electrons. The van der Waals surface area contributed by atoms with Gasteiger partial charge in [0, 0.05) is 0 Å². The van der Waals surface area contributed by atoms with Crippen molar-refractivity contribution in [3.63, 3.8) is 0 Å². The lowest BCUT2D eigenvalue weighted by Gasteiger charge is -2.50. The van der Waals surface area contributed by atoms with Crippen molar-refractivity contribution < 1.29 is 9.90 Å². The van der Waals surface area contributed by atoms with E-state index in [9.17, 15) is 9.90 Å². The number of hydrogen-bond acceptors (Lipinski definition) is 1. The molecule has 0 saturated heterocycles. The third-order valence-corrected chi connectivity index (χ3v) is 6.90. The van der Waals surface area contributed by atoms with Crippen molar-refractivity contribution in [1.29, 1.82) is 0 Å². The van der Waals surface area contributed by atoms with Gasteiger partial charge in [0.15, 0.2) is 0 Å². The van der Waals surface area contributed by atoms with Gasteiger partial charge in [-0.3, -0.25) is 4.79 Å². The molecule has 4 bridgehead atoms. The monoisotopic (exact) mass is 246 g/mol. The number of carboxylic acid groups (broad SMARTS) is 1. The smallest absolute Gasteiger partial charge is 0.306 e. The summed E-state index contributed by atoms with van der Waals surface area (Å²) < 4.78 is 0. The third-order valence-electron chi connectivity index (χ3n) is 6.90. The molecular weight excluding hydrogens is 224 g/mol. The summed E-state index contributed by atoms with van der Waals surface area (Å²) in [6.45, 7) is 4.75. The summed E-state index contributed by atoms with van der Waals surface area (Å²) in [4.78, 5) is 11.4. The quantitative estimate of drug-likeness (QED) is 0.600. The van der Waals surface area contributed by atoms with Gasteiger partial charge in [0.25, 0.3) is 0 Å². The van der Waals surface area contributed by atoms with Gasteiger partial charge in [-0.05, 0) is 60.2 Å². The first-order valence-corrected chi connectivity index (χ1v) is 7.48. The summed E-state index contributed by atoms with van der Waals surface area (Å²) >= 11 is 0. The van der Waals surface area contributed by atoms with E-state index in [0.29, 0.717) is 35.0 Å². The maximum absolute atomic E-state index is 11.4. The molecule has 0 aliphatic heterocycles. The summed E-state index contributed by atoms with van der Waals surface area (Å²) in [5, 5.41) is 9.43. The fraction of sp³-hybridized carbons (Fsp3) is 0.812. The average molecular weight is 246 g/mol. The van der Waals surface area contributed by atoms with Crippen LogP contribution in [-0.2, 0) is 4.79 Å². The van der Waals surface area contributed by atoms with Crippen LogP contribution in [0.25, 0.3) is 0 Å². The minimum absolute atomic E-state index is 0.0420. The number of allylic oxidation sites excluding steroid dienone is 2. The summed E-state index contributed by atoms with van der Waals surface area (Å²) in [6.07, 6.45) is 8.30. The van der Waals surface area contributed by atoms with E-state index in [1.807, 2.05) is 0 Å². The van der Waals surface area contributed by atoms with Crippen LogP contribution < -0.4 is 0 Å². The van der Waals surface area contributed by atoms with Gasteiger partial charge in [0.2, 0.25) is 0 Å². The zero-order valence-corrected chi connectivity index (χ0v) is 11.2. The molecule has 0 spiro atoms. The molecule has 0 aromatic heterocycles. The third kappa shape index (κ3) is 0.972. The highest BCUT2D eigenvalue weighted by Gasteiger charge is 2.71. The van der Waals surface area contributed by atoms with Crippen LogP contribution in [0.5, 0.6) is 0 Å². The Balaban J connectivity index is 1.80. The zero-order valence-electron chi connectivity index (χ0n) is 11.2. The highest BCUT2D eigenvalue weighted by Crippen LogP contribution is 2.75. The van der Waals surface area contributed by atoms with Crippen molar-refractivity contribution in [2.75, 3.05) is 0 Å². The first-order valence-electron chi connectivity index (χ1n) is 7.48. The molecule has 7 unspecified atom stereocenters. The van der Waals surface area contributed by atoms with E-state index < -0.39 is 5.97 Å². The Morgan fingerprint density at radius 2 is 2.06 bits per heavy atom. The maximum Gasteiger partial charge on any atom is 0.306 e. The fourth-order valence-corrected chi connectivity index (χ4v) is 6.69. The van der Waals surface area contributed by atoms with Crippen LogP contribution in [0, 0.1) is 46.8 Å². The normalized spacial score (nSPS) is 55.5. The Morgan fingerprint density at radius 1 is 1.28 bits per heavy atom. The number of fused-ring (bicyclic) bond motifs is 9. The van der Waals surface area contributed by atoms with Gasteiger partial charge in [-0.2, -0.15) is 0 Å². The van der Waals surface area contributed by atoms with E-state index in [-0.39, 0.29) is 5.92 Å². The molecule has 7 atom stereocenters. The maximum atomic E-state index is 11.4. The number of rotatable bonds is 2. The molecule has 1 N–H and O–H groups in total. The van der Waals surface area contributed by atoms with Gasteiger partial charge < -0.3 is 5.11 Å². The number of aliphatic carboxylic acids is 1. The molecule has 0 heterocycles. The molecule has 0 aromatic carbocycles. The second kappa shape index (κ2) is 3.20. The Bertz CT molecular complexity index is 438. The summed E-state index contributed by atoms with van der Waals surface area (Å²) in [5.41, 5.74) is 0.454. The molecule has 4 aliphatic rings. The lowest BCUT2D eigenvalue weighted by atomic mass is 9.54. The highest BCUT2D eigenvalue weighted by molar-refractivity contribution is 5.71. The minimum atomic E-state index is -0.536. The molecule has 0 amide bonds. The lowest BCUT2D eigenvalue weighted by Crippen LogP contribution is -2.47. The Hall–Kier alpha value is -0.790. The van der Waals surface area contributed by atoms with Crippen molar-refractivity contribution >= 4 is 5.97 Å². The van der Waals surface area contributed by atoms with Crippen LogP contribution in [0.4, 0.5) is 0 Å². The van der Waals surface area contributed by atoms with E-state index in [1.54, 1.807) is 0 Å². The van der Waals surface area contributed by atoms with E-state index in [1.165, 1.54) is 12.8 Å². The molecule has 4 aliphatic carbocycles. The summed E-state index contributed by atoms with van der Waals surface area (Å²) in [5.74, 6) is 3.38. The van der Waals surface area contributed by atoms with Crippen LogP contribution >= 0.6 is 0 Å². The van der Waals surface area contributed by atoms with Crippen molar-refractivity contribution in [1.82, 2.24) is 0 Å². The first kappa shape index (κ1) is 11.1. The first-order chi connectivity index (χ1) is 8.56. The molecule has 4 rings (SSSR count). The second-order valence-corrected chi connectivity index (χ2v) is 7.35. The fourth-order valence-electron chi connectivity index (χ4n) is 6.69. The van der Waals surface area contributed by atoms with Crippen molar-refractivity contribution in [2.24, 2.45) is 46.8 Å². The van der Waals surface area contributed by atoms with Crippen LogP contribution in [0.1, 0.15) is 33.1 Å². The van der Waals surface area contributed by atoms with Crippen LogP contribution in [0.2, 0.25) is 0 Å². The molecule has 2 heteroatoms. The molecule has 3 fully saturated rings. The summed E-state index contributed by atoms with van der Waals surface area (Å²) in [7, 11) is 0. The lowest BCUT2D eigenvalue weighted by molar-refractivity contribution is -0.147. The Labute approximate surface area is 108 Å². The van der Waals surface area contributed by atoms with Crippen LogP contribution in [0.15, 0.2) is 12.2 Å². The van der Waals surface area contributed by atoms with Crippen LogP contribution in [-0.4, -0.2) is 11.1 Å². The Morgan fingerprint density at radius 3 is 2.72 bits per heavy atom. The largest absolute Gasteiger partial charge is 0.481 e. The minimum Gasteiger partial charge on any atom is -0.481 e. The standard InChI is InChI=1S/C16H22O2/c1-8(2)16-10-4-3-9(5-10)14(16)12-6-11(16)7-13(12)15(17)18/h3-4,8-14H,5-7H2,1-2H3,(H,17,18). The SMILES string of the molecule is CC(C)C12C3C=CC(C3)C1C1CC2CC1C(=O)O. The number of carbonyl (C=O) groups is 1. The Kier molecular flexibility index (Phi) is 1.97. The number of hydrogen-bond donors (Lipinski definition) is 1. The predicted molar refractivity (Wildman–Crippen MR) is 68.8 cm³/mol. The molecule has 2 nitrogen and oxygen atoms in total. The van der Waals surface area contributed by atoms with Gasteiger partial charge >= 0.3 is 5.97 Å². The van der Waals surface area contributed by atoms with Gasteiger partial charge in [-0.1, -0.05) is 26.0 Å². The highest BCUT2D eigenvalue weighted by atomic mass is 16.4. The topological polar surface area (TPSA) is 37.3 Å². The van der Waals surface area contributed by atoms with E-state index in [4.69, 9.17) is 0 Å². The van der Waals surface area contributed by atoms with Crippen molar-refractivity contribution in [2.45, 2.75) is 33.1 Å². The van der Waals surface area contributed by atoms with E-state index in [0.717, 1.165) is 12.3 Å². The van der Waals surface area contributed by atoms with Gasteiger partial charge in [-0.15, -0.1) is 0 Å². The molecule has 0 aromatic rings. The van der Waals surface area contributed by atoms with Crippen molar-refractivity contribution in [3.05, 3.63) is 12.2 Å². The van der Waals surface area contributed by atoms with Crippen molar-refractivity contribution in [3.8, 4) is 0 Å². The van der Waals surface area contributed by atoms with E-state index in [2.05, 4.69) is 26.0 Å². The second-order valence-electron chi connectivity index (χ2n) is 7.35. The average Bonchev–Trinajstić information content (AvgIpc) is 3.05. The van der Waals surface area contributed by atoms with Gasteiger partial charge in [0.1, 0.15) is 0 Å². The molecule has 3 saturated carbocycles.